The lowest BCUT2D eigenvalue weighted by molar-refractivity contribution is 0.146. The molecular weight excluding hydrogens is 278 g/mol. The van der Waals surface area contributed by atoms with Crippen LogP contribution in [0.1, 0.15) is 19.8 Å². The monoisotopic (exact) mass is 301 g/mol. The Bertz CT molecular complexity index is 484. The van der Waals surface area contributed by atoms with Gasteiger partial charge in [-0.3, -0.25) is 0 Å². The molecule has 6 heteroatoms. The molecule has 0 N–H and O–H groups in total. The van der Waals surface area contributed by atoms with E-state index in [2.05, 4.69) is 0 Å². The van der Waals surface area contributed by atoms with Crippen molar-refractivity contribution in [1.82, 2.24) is 4.31 Å². The van der Waals surface area contributed by atoms with Gasteiger partial charge in [0.2, 0.25) is 10.0 Å². The van der Waals surface area contributed by atoms with Gasteiger partial charge >= 0.3 is 0 Å². The van der Waals surface area contributed by atoms with Gasteiger partial charge in [0.1, 0.15) is 12.4 Å². The molecule has 0 spiro atoms. The number of methoxy groups -OCH3 is 1. The van der Waals surface area contributed by atoms with Crippen LogP contribution in [-0.4, -0.2) is 46.6 Å². The molecule has 0 heterocycles. The van der Waals surface area contributed by atoms with Crippen molar-refractivity contribution in [3.05, 3.63) is 24.3 Å². The van der Waals surface area contributed by atoms with Crippen LogP contribution in [0.4, 0.5) is 0 Å². The van der Waals surface area contributed by atoms with Gasteiger partial charge in [-0.2, -0.15) is 0 Å². The average Bonchev–Trinajstić information content (AvgIpc) is 2.45. The number of hydrogen-bond donors (Lipinski definition) is 0. The molecule has 0 saturated heterocycles. The Kier molecular flexibility index (Phi) is 6.98. The van der Waals surface area contributed by atoms with Gasteiger partial charge in [0.05, 0.1) is 11.5 Å². The summed E-state index contributed by atoms with van der Waals surface area (Å²) in [4.78, 5) is 0.287. The van der Waals surface area contributed by atoms with Gasteiger partial charge in [-0.05, 0) is 30.7 Å². The molecule has 0 aliphatic carbocycles. The van der Waals surface area contributed by atoms with Crippen molar-refractivity contribution in [3.63, 3.8) is 0 Å². The van der Waals surface area contributed by atoms with Crippen LogP contribution in [0.3, 0.4) is 0 Å². The predicted molar refractivity (Wildman–Crippen MR) is 78.5 cm³/mol. The molecule has 0 aliphatic heterocycles. The van der Waals surface area contributed by atoms with Crippen molar-refractivity contribution in [2.45, 2.75) is 24.7 Å². The highest BCUT2D eigenvalue weighted by molar-refractivity contribution is 7.89. The van der Waals surface area contributed by atoms with Gasteiger partial charge < -0.3 is 9.47 Å². The summed E-state index contributed by atoms with van der Waals surface area (Å²) in [6.45, 7) is 3.51. The second-order valence-corrected chi connectivity index (χ2v) is 6.54. The number of ether oxygens (including phenoxy) is 2. The maximum Gasteiger partial charge on any atom is 0.242 e. The summed E-state index contributed by atoms with van der Waals surface area (Å²) in [7, 11) is -0.193. The van der Waals surface area contributed by atoms with Crippen LogP contribution in [0.15, 0.2) is 29.2 Å². The second kappa shape index (κ2) is 8.24. The molecule has 114 valence electrons. The minimum atomic E-state index is -3.40. The van der Waals surface area contributed by atoms with E-state index in [1.54, 1.807) is 38.4 Å². The number of hydrogen-bond acceptors (Lipinski definition) is 4. The van der Waals surface area contributed by atoms with Crippen molar-refractivity contribution in [2.24, 2.45) is 0 Å². The summed E-state index contributed by atoms with van der Waals surface area (Å²) in [5.41, 5.74) is 0. The normalized spacial score (nSPS) is 11.8. The summed E-state index contributed by atoms with van der Waals surface area (Å²) in [6.07, 6.45) is 1.82. The summed E-state index contributed by atoms with van der Waals surface area (Å²) >= 11 is 0. The minimum Gasteiger partial charge on any atom is -0.491 e. The number of nitrogens with zero attached hydrogens (tertiary/aromatic N) is 1. The zero-order chi connectivity index (χ0) is 15.0. The highest BCUT2D eigenvalue weighted by Gasteiger charge is 2.19. The fourth-order valence-electron chi connectivity index (χ4n) is 1.63. The van der Waals surface area contributed by atoms with E-state index in [4.69, 9.17) is 9.47 Å². The third-order valence-corrected chi connectivity index (χ3v) is 4.79. The molecule has 5 nitrogen and oxygen atoms in total. The summed E-state index contributed by atoms with van der Waals surface area (Å²) in [5, 5.41) is 0. The topological polar surface area (TPSA) is 55.8 Å². The third kappa shape index (κ3) is 4.77. The first-order valence-corrected chi connectivity index (χ1v) is 8.14. The molecule has 0 amide bonds. The molecule has 0 fully saturated rings. The van der Waals surface area contributed by atoms with Gasteiger partial charge in [0.25, 0.3) is 0 Å². The van der Waals surface area contributed by atoms with Crippen molar-refractivity contribution >= 4 is 10.0 Å². The molecule has 1 aromatic carbocycles. The Morgan fingerprint density at radius 2 is 1.80 bits per heavy atom. The molecule has 20 heavy (non-hydrogen) atoms. The zero-order valence-electron chi connectivity index (χ0n) is 12.3. The van der Waals surface area contributed by atoms with Gasteiger partial charge in [0.15, 0.2) is 0 Å². The standard InChI is InChI=1S/C14H23NO4S/c1-4-5-10-15(2)20(16,17)14-8-6-13(7-9-14)19-12-11-18-3/h6-9H,4-5,10-12H2,1-3H3. The molecule has 1 aromatic rings. The van der Waals surface area contributed by atoms with Gasteiger partial charge in [-0.15, -0.1) is 0 Å². The summed E-state index contributed by atoms with van der Waals surface area (Å²) < 4.78 is 36.2. The quantitative estimate of drug-likeness (QED) is 0.656. The Hall–Kier alpha value is -1.11. The Balaban J connectivity index is 2.71. The predicted octanol–water partition coefficient (Wildman–Crippen LogP) is 2.13. The van der Waals surface area contributed by atoms with Gasteiger partial charge in [0, 0.05) is 20.7 Å². The lowest BCUT2D eigenvalue weighted by Gasteiger charge is -2.17. The van der Waals surface area contributed by atoms with E-state index in [1.807, 2.05) is 6.92 Å². The molecule has 1 rings (SSSR count). The first-order valence-electron chi connectivity index (χ1n) is 6.70. The van der Waals surface area contributed by atoms with E-state index >= 15 is 0 Å². The zero-order valence-corrected chi connectivity index (χ0v) is 13.1. The van der Waals surface area contributed by atoms with E-state index in [1.165, 1.54) is 4.31 Å². The largest absolute Gasteiger partial charge is 0.491 e. The molecule has 0 atom stereocenters. The number of sulfonamides is 1. The Morgan fingerprint density at radius 1 is 1.15 bits per heavy atom. The van der Waals surface area contributed by atoms with Crippen LogP contribution in [0.2, 0.25) is 0 Å². The first kappa shape index (κ1) is 16.9. The van der Waals surface area contributed by atoms with Crippen molar-refractivity contribution in [1.29, 1.82) is 0 Å². The van der Waals surface area contributed by atoms with Crippen LogP contribution < -0.4 is 4.74 Å². The Labute approximate surface area is 121 Å². The van der Waals surface area contributed by atoms with Crippen molar-refractivity contribution < 1.29 is 17.9 Å². The van der Waals surface area contributed by atoms with E-state index in [9.17, 15) is 8.42 Å². The first-order chi connectivity index (χ1) is 9.52. The number of benzene rings is 1. The highest BCUT2D eigenvalue weighted by Crippen LogP contribution is 2.19. The molecular formula is C14H23NO4S. The SMILES string of the molecule is CCCCN(C)S(=O)(=O)c1ccc(OCCOC)cc1. The van der Waals surface area contributed by atoms with E-state index < -0.39 is 10.0 Å². The maximum absolute atomic E-state index is 12.3. The minimum absolute atomic E-state index is 0.287. The summed E-state index contributed by atoms with van der Waals surface area (Å²) in [6, 6.07) is 6.46. The lowest BCUT2D eigenvalue weighted by Crippen LogP contribution is -2.27. The van der Waals surface area contributed by atoms with Crippen LogP contribution in [0, 0.1) is 0 Å². The third-order valence-electron chi connectivity index (χ3n) is 2.91. The highest BCUT2D eigenvalue weighted by atomic mass is 32.2. The van der Waals surface area contributed by atoms with Crippen molar-refractivity contribution in [2.75, 3.05) is 33.9 Å². The summed E-state index contributed by atoms with van der Waals surface area (Å²) in [5.74, 6) is 0.636. The van der Waals surface area contributed by atoms with Crippen LogP contribution in [0.5, 0.6) is 5.75 Å². The molecule has 0 aliphatic rings. The van der Waals surface area contributed by atoms with Gasteiger partial charge in [-0.1, -0.05) is 13.3 Å². The second-order valence-electron chi connectivity index (χ2n) is 4.49. The van der Waals surface area contributed by atoms with Crippen LogP contribution in [0.25, 0.3) is 0 Å². The fraction of sp³-hybridized carbons (Fsp3) is 0.571. The van der Waals surface area contributed by atoms with E-state index in [0.29, 0.717) is 25.5 Å². The molecule has 0 saturated carbocycles. The smallest absolute Gasteiger partial charge is 0.242 e. The average molecular weight is 301 g/mol. The van der Waals surface area contributed by atoms with Crippen molar-refractivity contribution in [3.8, 4) is 5.75 Å². The molecule has 0 unspecified atom stereocenters. The van der Waals surface area contributed by atoms with E-state index in [-0.39, 0.29) is 4.90 Å². The molecule has 0 aromatic heterocycles. The number of unbranched alkanes of at least 4 members (excludes halogenated alkanes) is 1. The van der Waals surface area contributed by atoms with Crippen LogP contribution >= 0.6 is 0 Å². The lowest BCUT2D eigenvalue weighted by atomic mass is 10.3. The van der Waals surface area contributed by atoms with E-state index in [0.717, 1.165) is 12.8 Å². The van der Waals surface area contributed by atoms with Crippen LogP contribution in [-0.2, 0) is 14.8 Å². The number of rotatable bonds is 9. The molecule has 0 radical (unpaired) electrons. The van der Waals surface area contributed by atoms with Gasteiger partial charge in [-0.25, -0.2) is 12.7 Å². The fourth-order valence-corrected chi connectivity index (χ4v) is 2.84. The molecule has 0 bridgehead atoms. The maximum atomic E-state index is 12.3. The Morgan fingerprint density at radius 3 is 2.35 bits per heavy atom.